The molecule has 1 aliphatic heterocycles. The molecule has 22 heavy (non-hydrogen) atoms. The van der Waals surface area contributed by atoms with Crippen LogP contribution in [0.5, 0.6) is 0 Å². The number of aryl methyl sites for hydroxylation is 1. The molecule has 1 saturated heterocycles. The number of nitrogens with zero attached hydrogens (tertiary/aromatic N) is 4. The third kappa shape index (κ3) is 2.87. The van der Waals surface area contributed by atoms with Gasteiger partial charge in [-0.1, -0.05) is 20.8 Å². The van der Waals surface area contributed by atoms with Gasteiger partial charge in [-0.25, -0.2) is 4.98 Å². The van der Waals surface area contributed by atoms with Crippen molar-refractivity contribution in [2.75, 3.05) is 11.9 Å². The van der Waals surface area contributed by atoms with Crippen molar-refractivity contribution in [1.82, 2.24) is 19.1 Å². The quantitative estimate of drug-likeness (QED) is 0.941. The Kier molecular flexibility index (Phi) is 3.94. The topological polar surface area (TPSA) is 64.9 Å². The molecule has 2 atom stereocenters. The molecule has 1 N–H and O–H groups in total. The number of ether oxygens (including phenoxy) is 1. The molecule has 0 amide bonds. The lowest BCUT2D eigenvalue weighted by atomic mass is 9.96. The van der Waals surface area contributed by atoms with Crippen molar-refractivity contribution in [2.45, 2.75) is 51.7 Å². The van der Waals surface area contributed by atoms with Crippen LogP contribution >= 0.6 is 11.5 Å². The van der Waals surface area contributed by atoms with Crippen LogP contribution in [0.3, 0.4) is 0 Å². The van der Waals surface area contributed by atoms with Gasteiger partial charge in [-0.15, -0.1) is 0 Å². The minimum Gasteiger partial charge on any atom is -0.371 e. The highest BCUT2D eigenvalue weighted by Crippen LogP contribution is 2.34. The van der Waals surface area contributed by atoms with Crippen LogP contribution < -0.4 is 5.32 Å². The smallest absolute Gasteiger partial charge is 0.202 e. The second kappa shape index (κ2) is 5.62. The van der Waals surface area contributed by atoms with E-state index in [1.165, 1.54) is 11.5 Å². The fraction of sp³-hybridized carbons (Fsp3) is 0.667. The first kappa shape index (κ1) is 15.4. The molecule has 3 rings (SSSR count). The first-order valence-electron chi connectivity index (χ1n) is 7.57. The minimum absolute atomic E-state index is 0.0238. The van der Waals surface area contributed by atoms with Gasteiger partial charge >= 0.3 is 0 Å². The average molecular weight is 321 g/mol. The number of anilines is 1. The zero-order valence-corrected chi connectivity index (χ0v) is 14.6. The van der Waals surface area contributed by atoms with E-state index in [0.29, 0.717) is 0 Å². The highest BCUT2D eigenvalue weighted by molar-refractivity contribution is 7.09. The largest absolute Gasteiger partial charge is 0.371 e. The summed E-state index contributed by atoms with van der Waals surface area (Å²) in [4.78, 5) is 4.62. The summed E-state index contributed by atoms with van der Waals surface area (Å²) in [5.41, 5.74) is 2.27. The van der Waals surface area contributed by atoms with Crippen LogP contribution in [0.1, 0.15) is 50.4 Å². The average Bonchev–Trinajstić information content (AvgIpc) is 3.13. The van der Waals surface area contributed by atoms with Crippen molar-refractivity contribution in [3.8, 4) is 0 Å². The zero-order chi connectivity index (χ0) is 15.9. The molecule has 1 fully saturated rings. The Hall–Kier alpha value is -1.47. The number of hydrogen-bond donors (Lipinski definition) is 1. The lowest BCUT2D eigenvalue weighted by Gasteiger charge is -2.19. The summed E-state index contributed by atoms with van der Waals surface area (Å²) in [5, 5.41) is 8.69. The minimum atomic E-state index is -0.0258. The standard InChI is InChI=1S/C15H23N5OS/c1-9-10(8-16-20(9)5)12-11(6-7-21-12)17-14-18-13(19-22-14)15(2,3)4/h8,11-12H,6-7H2,1-5H3,(H,17,18,19)/t11-,12+/m0/s1. The van der Waals surface area contributed by atoms with Gasteiger partial charge in [-0.05, 0) is 13.3 Å². The Morgan fingerprint density at radius 2 is 2.18 bits per heavy atom. The van der Waals surface area contributed by atoms with E-state index in [9.17, 15) is 0 Å². The Bertz CT molecular complexity index is 657. The van der Waals surface area contributed by atoms with Crippen molar-refractivity contribution in [2.24, 2.45) is 7.05 Å². The van der Waals surface area contributed by atoms with E-state index in [1.54, 1.807) is 0 Å². The summed E-state index contributed by atoms with van der Waals surface area (Å²) >= 11 is 1.42. The van der Waals surface area contributed by atoms with Crippen molar-refractivity contribution >= 4 is 16.7 Å². The maximum Gasteiger partial charge on any atom is 0.202 e. The maximum atomic E-state index is 5.93. The van der Waals surface area contributed by atoms with Gasteiger partial charge in [0.25, 0.3) is 0 Å². The molecule has 0 spiro atoms. The van der Waals surface area contributed by atoms with E-state index in [0.717, 1.165) is 35.2 Å². The molecule has 0 aromatic carbocycles. The summed E-state index contributed by atoms with van der Waals surface area (Å²) in [6.45, 7) is 9.20. The zero-order valence-electron chi connectivity index (χ0n) is 13.8. The molecule has 7 heteroatoms. The molecule has 2 aromatic heterocycles. The molecule has 0 radical (unpaired) electrons. The Balaban J connectivity index is 1.77. The number of nitrogens with one attached hydrogen (secondary N) is 1. The van der Waals surface area contributed by atoms with E-state index in [2.05, 4.69) is 47.5 Å². The molecular formula is C15H23N5OS. The summed E-state index contributed by atoms with van der Waals surface area (Å²) in [6, 6.07) is 0.212. The lowest BCUT2D eigenvalue weighted by Crippen LogP contribution is -2.23. The van der Waals surface area contributed by atoms with Gasteiger partial charge < -0.3 is 10.1 Å². The molecule has 3 heterocycles. The van der Waals surface area contributed by atoms with Gasteiger partial charge in [0.15, 0.2) is 0 Å². The third-order valence-electron chi connectivity index (χ3n) is 4.08. The van der Waals surface area contributed by atoms with Gasteiger partial charge in [0.05, 0.1) is 12.2 Å². The molecule has 6 nitrogen and oxygen atoms in total. The predicted octanol–water partition coefficient (Wildman–Crippen LogP) is 2.82. The Labute approximate surface area is 135 Å². The lowest BCUT2D eigenvalue weighted by molar-refractivity contribution is 0.107. The van der Waals surface area contributed by atoms with Crippen LogP contribution in [0.15, 0.2) is 6.20 Å². The van der Waals surface area contributed by atoms with Crippen LogP contribution in [-0.2, 0) is 17.2 Å². The van der Waals surface area contributed by atoms with Gasteiger partial charge in [-0.2, -0.15) is 9.47 Å². The van der Waals surface area contributed by atoms with E-state index < -0.39 is 0 Å². The molecule has 120 valence electrons. The van der Waals surface area contributed by atoms with Crippen LogP contribution in [0, 0.1) is 6.92 Å². The molecule has 2 aromatic rings. The fourth-order valence-electron chi connectivity index (χ4n) is 2.58. The van der Waals surface area contributed by atoms with E-state index >= 15 is 0 Å². The fourth-order valence-corrected chi connectivity index (χ4v) is 3.40. The summed E-state index contributed by atoms with van der Waals surface area (Å²) in [6.07, 6.45) is 2.89. The first-order valence-corrected chi connectivity index (χ1v) is 8.34. The Morgan fingerprint density at radius 1 is 1.41 bits per heavy atom. The summed E-state index contributed by atoms with van der Waals surface area (Å²) < 4.78 is 12.3. The predicted molar refractivity (Wildman–Crippen MR) is 87.3 cm³/mol. The van der Waals surface area contributed by atoms with Crippen LogP contribution in [-0.4, -0.2) is 31.8 Å². The van der Waals surface area contributed by atoms with Crippen LogP contribution in [0.2, 0.25) is 0 Å². The molecule has 1 aliphatic rings. The van der Waals surface area contributed by atoms with E-state index in [4.69, 9.17) is 4.74 Å². The van der Waals surface area contributed by atoms with Gasteiger partial charge in [0.1, 0.15) is 11.9 Å². The highest BCUT2D eigenvalue weighted by atomic mass is 32.1. The van der Waals surface area contributed by atoms with Gasteiger partial charge in [0.2, 0.25) is 5.13 Å². The molecule has 0 saturated carbocycles. The third-order valence-corrected chi connectivity index (χ3v) is 4.72. The van der Waals surface area contributed by atoms with Crippen molar-refractivity contribution < 1.29 is 4.74 Å². The molecular weight excluding hydrogens is 298 g/mol. The molecule has 0 unspecified atom stereocenters. The monoisotopic (exact) mass is 321 g/mol. The second-order valence-corrected chi connectivity index (χ2v) is 7.56. The number of hydrogen-bond acceptors (Lipinski definition) is 6. The summed E-state index contributed by atoms with van der Waals surface area (Å²) in [5.74, 6) is 0.882. The Morgan fingerprint density at radius 3 is 2.77 bits per heavy atom. The SMILES string of the molecule is Cc1c([C@H]2OCC[C@@H]2Nc2nc(C(C)(C)C)ns2)cnn1C. The van der Waals surface area contributed by atoms with Gasteiger partial charge in [-0.3, -0.25) is 4.68 Å². The molecule has 0 aliphatic carbocycles. The van der Waals surface area contributed by atoms with Crippen molar-refractivity contribution in [3.05, 3.63) is 23.3 Å². The molecule has 0 bridgehead atoms. The van der Waals surface area contributed by atoms with Crippen molar-refractivity contribution in [3.63, 3.8) is 0 Å². The van der Waals surface area contributed by atoms with E-state index in [1.807, 2.05) is 17.9 Å². The second-order valence-electron chi connectivity index (χ2n) is 6.81. The maximum absolute atomic E-state index is 5.93. The van der Waals surface area contributed by atoms with Crippen molar-refractivity contribution in [1.29, 1.82) is 0 Å². The summed E-state index contributed by atoms with van der Waals surface area (Å²) in [7, 11) is 1.95. The number of aromatic nitrogens is 4. The number of rotatable bonds is 3. The highest BCUT2D eigenvalue weighted by Gasteiger charge is 2.33. The van der Waals surface area contributed by atoms with Crippen LogP contribution in [0.4, 0.5) is 5.13 Å². The normalized spacial score (nSPS) is 22.2. The van der Waals surface area contributed by atoms with Crippen LogP contribution in [0.25, 0.3) is 0 Å². The van der Waals surface area contributed by atoms with Gasteiger partial charge in [0, 0.05) is 41.9 Å². The first-order chi connectivity index (χ1) is 10.4. The van der Waals surface area contributed by atoms with E-state index in [-0.39, 0.29) is 17.6 Å².